The van der Waals surface area contributed by atoms with Gasteiger partial charge in [0.25, 0.3) is 0 Å². The normalized spacial score (nSPS) is 26.9. The Morgan fingerprint density at radius 3 is 2.79 bits per heavy atom. The first-order valence-electron chi connectivity index (χ1n) is 6.73. The topological polar surface area (TPSA) is 58.6 Å². The van der Waals surface area contributed by atoms with Crippen molar-refractivity contribution in [1.29, 1.82) is 0 Å². The second-order valence-corrected chi connectivity index (χ2v) is 5.05. The Bertz CT molecular complexity index is 407. The van der Waals surface area contributed by atoms with Gasteiger partial charge in [-0.25, -0.2) is 0 Å². The summed E-state index contributed by atoms with van der Waals surface area (Å²) in [6.07, 6.45) is 1.28. The molecule has 1 aliphatic carbocycles. The van der Waals surface area contributed by atoms with E-state index in [2.05, 4.69) is 5.32 Å². The van der Waals surface area contributed by atoms with Crippen molar-refractivity contribution in [2.24, 2.45) is 5.92 Å². The van der Waals surface area contributed by atoms with Gasteiger partial charge in [-0.2, -0.15) is 0 Å². The fourth-order valence-electron chi connectivity index (χ4n) is 2.53. The number of amides is 1. The number of hydrogen-bond donors (Lipinski definition) is 2. The maximum Gasteiger partial charge on any atom is 0.223 e. The molecular weight excluding hydrogens is 242 g/mol. The fraction of sp³-hybridized carbons (Fsp3) is 0.533. The molecule has 0 aliphatic heterocycles. The van der Waals surface area contributed by atoms with Crippen LogP contribution >= 0.6 is 0 Å². The molecule has 4 nitrogen and oxygen atoms in total. The third-order valence-electron chi connectivity index (χ3n) is 3.74. The Kier molecular flexibility index (Phi) is 4.93. The lowest BCUT2D eigenvalue weighted by Gasteiger charge is -2.31. The molecule has 1 aromatic carbocycles. The molecule has 0 heterocycles. The Hall–Kier alpha value is -1.39. The van der Waals surface area contributed by atoms with Gasteiger partial charge in [0.1, 0.15) is 0 Å². The molecule has 19 heavy (non-hydrogen) atoms. The summed E-state index contributed by atoms with van der Waals surface area (Å²) in [5.74, 6) is -0.00475. The quantitative estimate of drug-likeness (QED) is 0.865. The van der Waals surface area contributed by atoms with E-state index in [-0.39, 0.29) is 17.9 Å². The smallest absolute Gasteiger partial charge is 0.223 e. The zero-order valence-electron chi connectivity index (χ0n) is 11.2. The lowest BCUT2D eigenvalue weighted by atomic mass is 9.84. The van der Waals surface area contributed by atoms with E-state index in [9.17, 15) is 9.90 Å². The van der Waals surface area contributed by atoms with Crippen LogP contribution in [0.3, 0.4) is 0 Å². The average Bonchev–Trinajstić information content (AvgIpc) is 2.46. The zero-order chi connectivity index (χ0) is 13.7. The minimum Gasteiger partial charge on any atom is -0.390 e. The number of nitrogens with one attached hydrogen (secondary N) is 1. The predicted molar refractivity (Wildman–Crippen MR) is 72.4 cm³/mol. The van der Waals surface area contributed by atoms with E-state index < -0.39 is 6.10 Å². The van der Waals surface area contributed by atoms with Crippen LogP contribution in [-0.2, 0) is 16.1 Å². The van der Waals surface area contributed by atoms with Crippen LogP contribution < -0.4 is 5.32 Å². The Morgan fingerprint density at radius 1 is 1.37 bits per heavy atom. The lowest BCUT2D eigenvalue weighted by molar-refractivity contribution is -0.130. The number of rotatable bonds is 4. The maximum atomic E-state index is 12.1. The zero-order valence-corrected chi connectivity index (χ0v) is 11.2. The monoisotopic (exact) mass is 263 g/mol. The molecule has 3 atom stereocenters. The highest BCUT2D eigenvalue weighted by atomic mass is 16.5. The van der Waals surface area contributed by atoms with Crippen LogP contribution in [0.15, 0.2) is 30.3 Å². The van der Waals surface area contributed by atoms with Gasteiger partial charge in [-0.15, -0.1) is 0 Å². The van der Waals surface area contributed by atoms with Crippen molar-refractivity contribution in [3.63, 3.8) is 0 Å². The summed E-state index contributed by atoms with van der Waals surface area (Å²) in [6.45, 7) is 0.552. The minimum atomic E-state index is -0.442. The number of carbonyl (C=O) groups is 1. The van der Waals surface area contributed by atoms with Gasteiger partial charge in [0.05, 0.1) is 12.2 Å². The highest BCUT2D eigenvalue weighted by Crippen LogP contribution is 2.26. The van der Waals surface area contributed by atoms with Gasteiger partial charge in [0.2, 0.25) is 5.91 Å². The molecule has 1 aliphatic rings. The Labute approximate surface area is 113 Å². The van der Waals surface area contributed by atoms with E-state index in [1.54, 1.807) is 7.11 Å². The van der Waals surface area contributed by atoms with E-state index in [0.717, 1.165) is 12.0 Å². The number of methoxy groups -OCH3 is 1. The first-order chi connectivity index (χ1) is 9.20. The summed E-state index contributed by atoms with van der Waals surface area (Å²) in [6, 6.07) is 9.85. The molecule has 2 rings (SSSR count). The largest absolute Gasteiger partial charge is 0.390 e. The van der Waals surface area contributed by atoms with Gasteiger partial charge < -0.3 is 15.2 Å². The Balaban J connectivity index is 1.83. The molecule has 0 saturated heterocycles. The third kappa shape index (κ3) is 3.78. The van der Waals surface area contributed by atoms with Crippen molar-refractivity contribution in [2.75, 3.05) is 7.11 Å². The van der Waals surface area contributed by atoms with Gasteiger partial charge in [0.15, 0.2) is 0 Å². The van der Waals surface area contributed by atoms with Crippen molar-refractivity contribution in [3.05, 3.63) is 35.9 Å². The molecule has 1 fully saturated rings. The molecule has 4 heteroatoms. The van der Waals surface area contributed by atoms with Crippen molar-refractivity contribution in [2.45, 2.75) is 38.0 Å². The molecule has 1 aromatic rings. The minimum absolute atomic E-state index is 0.0535. The summed E-state index contributed by atoms with van der Waals surface area (Å²) in [5.41, 5.74) is 1.09. The van der Waals surface area contributed by atoms with Crippen LogP contribution in [0.1, 0.15) is 24.8 Å². The molecule has 0 spiro atoms. The SMILES string of the molecule is CO[C@@H]1C[C@H](C(=O)NCc2ccccc2)CC[C@@H]1O. The van der Waals surface area contributed by atoms with Crippen molar-refractivity contribution >= 4 is 5.91 Å². The van der Waals surface area contributed by atoms with Crippen LogP contribution in [0, 0.1) is 5.92 Å². The molecule has 1 saturated carbocycles. The van der Waals surface area contributed by atoms with Crippen molar-refractivity contribution in [3.8, 4) is 0 Å². The number of aliphatic hydroxyl groups excluding tert-OH is 1. The van der Waals surface area contributed by atoms with Crippen LogP contribution in [0.25, 0.3) is 0 Å². The number of aliphatic hydroxyl groups is 1. The third-order valence-corrected chi connectivity index (χ3v) is 3.74. The second kappa shape index (κ2) is 6.68. The molecule has 0 bridgehead atoms. The number of hydrogen-bond acceptors (Lipinski definition) is 3. The first-order valence-corrected chi connectivity index (χ1v) is 6.73. The van der Waals surface area contributed by atoms with Crippen LogP contribution in [0.5, 0.6) is 0 Å². The molecule has 0 radical (unpaired) electrons. The number of carbonyl (C=O) groups excluding carboxylic acids is 1. The van der Waals surface area contributed by atoms with Crippen LogP contribution in [0.2, 0.25) is 0 Å². The van der Waals surface area contributed by atoms with E-state index in [1.807, 2.05) is 30.3 Å². The molecular formula is C15H21NO3. The average molecular weight is 263 g/mol. The fourth-order valence-corrected chi connectivity index (χ4v) is 2.53. The first kappa shape index (κ1) is 14.0. The van der Waals surface area contributed by atoms with Crippen molar-refractivity contribution in [1.82, 2.24) is 5.32 Å². The standard InChI is InChI=1S/C15H21NO3/c1-19-14-9-12(7-8-13(14)17)15(18)16-10-11-5-3-2-4-6-11/h2-6,12-14,17H,7-10H2,1H3,(H,16,18)/t12-,13+,14-/m1/s1. The number of ether oxygens (including phenoxy) is 1. The number of benzene rings is 1. The molecule has 104 valence electrons. The van der Waals surface area contributed by atoms with Crippen LogP contribution in [0.4, 0.5) is 0 Å². The van der Waals surface area contributed by atoms with E-state index in [4.69, 9.17) is 4.74 Å². The predicted octanol–water partition coefficient (Wildman–Crippen LogP) is 1.48. The van der Waals surface area contributed by atoms with Crippen LogP contribution in [-0.4, -0.2) is 30.3 Å². The summed E-state index contributed by atoms with van der Waals surface area (Å²) in [5, 5.41) is 12.7. The van der Waals surface area contributed by atoms with Crippen molar-refractivity contribution < 1.29 is 14.6 Å². The summed E-state index contributed by atoms with van der Waals surface area (Å²) < 4.78 is 5.22. The van der Waals surface area contributed by atoms with Gasteiger partial charge >= 0.3 is 0 Å². The van der Waals surface area contributed by atoms with E-state index in [1.165, 1.54) is 0 Å². The van der Waals surface area contributed by atoms with E-state index in [0.29, 0.717) is 19.4 Å². The highest BCUT2D eigenvalue weighted by Gasteiger charge is 2.32. The van der Waals surface area contributed by atoms with E-state index >= 15 is 0 Å². The highest BCUT2D eigenvalue weighted by molar-refractivity contribution is 5.78. The van der Waals surface area contributed by atoms with Gasteiger partial charge in [-0.05, 0) is 24.8 Å². The maximum absolute atomic E-state index is 12.1. The molecule has 1 amide bonds. The summed E-state index contributed by atoms with van der Waals surface area (Å²) >= 11 is 0. The summed E-state index contributed by atoms with van der Waals surface area (Å²) in [4.78, 5) is 12.1. The Morgan fingerprint density at radius 2 is 2.11 bits per heavy atom. The van der Waals surface area contributed by atoms with Gasteiger partial charge in [-0.3, -0.25) is 4.79 Å². The molecule has 2 N–H and O–H groups in total. The van der Waals surface area contributed by atoms with Gasteiger partial charge in [0, 0.05) is 19.6 Å². The second-order valence-electron chi connectivity index (χ2n) is 5.05. The lowest BCUT2D eigenvalue weighted by Crippen LogP contribution is -2.41. The summed E-state index contributed by atoms with van der Waals surface area (Å²) in [7, 11) is 1.58. The van der Waals surface area contributed by atoms with Gasteiger partial charge in [-0.1, -0.05) is 30.3 Å². The molecule has 0 aromatic heterocycles. The molecule has 0 unspecified atom stereocenters.